The van der Waals surface area contributed by atoms with E-state index < -0.39 is 15.3 Å². The highest BCUT2D eigenvalue weighted by atomic mass is 32.2. The number of hydrogen-bond acceptors (Lipinski definition) is 7. The zero-order valence-electron chi connectivity index (χ0n) is 18.7. The molecule has 1 aliphatic rings. The van der Waals surface area contributed by atoms with Crippen LogP contribution in [0.15, 0.2) is 67.1 Å². The summed E-state index contributed by atoms with van der Waals surface area (Å²) in [5.41, 5.74) is 5.33. The van der Waals surface area contributed by atoms with Crippen LogP contribution < -0.4 is 5.14 Å². The molecule has 0 fully saturated rings. The van der Waals surface area contributed by atoms with Crippen molar-refractivity contribution in [3.8, 4) is 22.8 Å². The Hall–Kier alpha value is -3.47. The summed E-state index contributed by atoms with van der Waals surface area (Å²) in [5.74, 6) is 0.623. The van der Waals surface area contributed by atoms with Crippen molar-refractivity contribution in [2.75, 3.05) is 6.54 Å². The minimum Gasteiger partial charge on any atom is -0.292 e. The van der Waals surface area contributed by atoms with E-state index in [0.29, 0.717) is 32.0 Å². The van der Waals surface area contributed by atoms with Gasteiger partial charge in [-0.3, -0.25) is 14.6 Å². The Morgan fingerprint density at radius 1 is 1.06 bits per heavy atom. The molecule has 1 atom stereocenters. The van der Waals surface area contributed by atoms with Gasteiger partial charge in [-0.2, -0.15) is 5.10 Å². The van der Waals surface area contributed by atoms with Gasteiger partial charge >= 0.3 is 0 Å². The van der Waals surface area contributed by atoms with Gasteiger partial charge in [0.2, 0.25) is 10.0 Å². The predicted molar refractivity (Wildman–Crippen MR) is 129 cm³/mol. The molecule has 3 aromatic heterocycles. The molecule has 2 N–H and O–H groups in total. The van der Waals surface area contributed by atoms with Gasteiger partial charge in [-0.1, -0.05) is 36.4 Å². The Bertz CT molecular complexity index is 1410. The fourth-order valence-electron chi connectivity index (χ4n) is 4.10. The van der Waals surface area contributed by atoms with Crippen LogP contribution in [-0.2, 0) is 29.7 Å². The molecule has 0 radical (unpaired) electrons. The molecular formula is C24H25N7O2S. The lowest BCUT2D eigenvalue weighted by atomic mass is 10.1. The third-order valence-electron chi connectivity index (χ3n) is 5.91. The first kappa shape index (κ1) is 22.3. The first-order chi connectivity index (χ1) is 16.4. The van der Waals surface area contributed by atoms with Crippen LogP contribution in [0.25, 0.3) is 22.8 Å². The van der Waals surface area contributed by atoms with Crippen LogP contribution in [0.3, 0.4) is 0 Å². The maximum Gasteiger partial charge on any atom is 0.212 e. The fraction of sp³-hybridized carbons (Fsp3) is 0.250. The second kappa shape index (κ2) is 9.05. The average molecular weight is 476 g/mol. The predicted octanol–water partition coefficient (Wildman–Crippen LogP) is 2.44. The number of pyridine rings is 1. The number of fused-ring (bicyclic) bond motifs is 1. The molecule has 1 unspecified atom stereocenters. The quantitative estimate of drug-likeness (QED) is 0.436. The third kappa shape index (κ3) is 4.74. The van der Waals surface area contributed by atoms with Gasteiger partial charge in [-0.25, -0.2) is 23.5 Å². The van der Waals surface area contributed by atoms with Crippen molar-refractivity contribution in [3.05, 3.63) is 83.9 Å². The van der Waals surface area contributed by atoms with Gasteiger partial charge < -0.3 is 0 Å². The van der Waals surface area contributed by atoms with Crippen molar-refractivity contribution >= 4 is 10.0 Å². The summed E-state index contributed by atoms with van der Waals surface area (Å²) in [6.07, 6.45) is 5.49. The number of primary sulfonamides is 1. The van der Waals surface area contributed by atoms with Crippen molar-refractivity contribution in [2.24, 2.45) is 5.14 Å². The summed E-state index contributed by atoms with van der Waals surface area (Å²) in [7, 11) is -3.62. The number of nitrogens with two attached hydrogens (primary N) is 1. The standard InChI is InChI=1S/C24H25N7O2S/c1-17(34(25,32)33)13-30-15-20-22(16-30)27-24(19-7-3-2-4-8-19)28-23(20)21-9-11-31(29-21)14-18-6-5-10-26-12-18/h2-12,17H,13-16H2,1H3,(H2,25,32,33). The number of hydrogen-bond donors (Lipinski definition) is 1. The van der Waals surface area contributed by atoms with E-state index in [0.717, 1.165) is 33.8 Å². The van der Waals surface area contributed by atoms with Gasteiger partial charge in [0.25, 0.3) is 0 Å². The normalized spacial score (nSPS) is 14.8. The summed E-state index contributed by atoms with van der Waals surface area (Å²) in [6.45, 7) is 3.62. The molecule has 0 saturated heterocycles. The molecule has 34 heavy (non-hydrogen) atoms. The van der Waals surface area contributed by atoms with Crippen LogP contribution in [0.2, 0.25) is 0 Å². The number of rotatable bonds is 7. The van der Waals surface area contributed by atoms with Gasteiger partial charge in [0.1, 0.15) is 5.69 Å². The largest absolute Gasteiger partial charge is 0.292 e. The Labute approximate surface area is 198 Å². The smallest absolute Gasteiger partial charge is 0.212 e. The molecule has 1 aliphatic heterocycles. The van der Waals surface area contributed by atoms with Crippen LogP contribution in [0.5, 0.6) is 0 Å². The average Bonchev–Trinajstić information content (AvgIpc) is 3.45. The topological polar surface area (TPSA) is 120 Å². The third-order valence-corrected chi connectivity index (χ3v) is 7.18. The van der Waals surface area contributed by atoms with Crippen LogP contribution in [0, 0.1) is 0 Å². The van der Waals surface area contributed by atoms with Gasteiger partial charge in [0.05, 0.1) is 23.2 Å². The van der Waals surface area contributed by atoms with Crippen molar-refractivity contribution in [3.63, 3.8) is 0 Å². The van der Waals surface area contributed by atoms with Gasteiger partial charge in [-0.05, 0) is 24.6 Å². The molecule has 0 amide bonds. The van der Waals surface area contributed by atoms with E-state index in [9.17, 15) is 8.42 Å². The second-order valence-electron chi connectivity index (χ2n) is 8.52. The molecule has 4 aromatic rings. The summed E-state index contributed by atoms with van der Waals surface area (Å²) in [6, 6.07) is 15.7. The van der Waals surface area contributed by atoms with Crippen molar-refractivity contribution in [1.82, 2.24) is 29.6 Å². The Morgan fingerprint density at radius 2 is 1.88 bits per heavy atom. The van der Waals surface area contributed by atoms with E-state index in [1.807, 2.05) is 70.5 Å². The summed E-state index contributed by atoms with van der Waals surface area (Å²) >= 11 is 0. The molecule has 4 heterocycles. The van der Waals surface area contributed by atoms with E-state index in [1.54, 1.807) is 13.1 Å². The summed E-state index contributed by atoms with van der Waals surface area (Å²) in [4.78, 5) is 15.9. The monoisotopic (exact) mass is 475 g/mol. The molecule has 174 valence electrons. The lowest BCUT2D eigenvalue weighted by Gasteiger charge is -2.18. The van der Waals surface area contributed by atoms with E-state index in [-0.39, 0.29) is 0 Å². The van der Waals surface area contributed by atoms with Crippen molar-refractivity contribution < 1.29 is 8.42 Å². The van der Waals surface area contributed by atoms with E-state index >= 15 is 0 Å². The highest BCUT2D eigenvalue weighted by molar-refractivity contribution is 7.89. The Morgan fingerprint density at radius 3 is 2.62 bits per heavy atom. The van der Waals surface area contributed by atoms with Gasteiger partial charge in [-0.15, -0.1) is 0 Å². The zero-order chi connectivity index (χ0) is 23.7. The lowest BCUT2D eigenvalue weighted by Crippen LogP contribution is -2.36. The molecule has 9 nitrogen and oxygen atoms in total. The molecule has 1 aromatic carbocycles. The summed E-state index contributed by atoms with van der Waals surface area (Å²) < 4.78 is 25.4. The maximum atomic E-state index is 11.8. The van der Waals surface area contributed by atoms with Crippen LogP contribution in [-0.4, -0.2) is 49.8 Å². The Balaban J connectivity index is 1.50. The Kier molecular flexibility index (Phi) is 5.94. The fourth-order valence-corrected chi connectivity index (χ4v) is 4.52. The van der Waals surface area contributed by atoms with Gasteiger partial charge in [0, 0.05) is 49.4 Å². The van der Waals surface area contributed by atoms with Crippen molar-refractivity contribution in [1.29, 1.82) is 0 Å². The maximum absolute atomic E-state index is 11.8. The molecular weight excluding hydrogens is 450 g/mol. The highest BCUT2D eigenvalue weighted by Crippen LogP contribution is 2.32. The lowest BCUT2D eigenvalue weighted by molar-refractivity contribution is 0.284. The SMILES string of the molecule is CC(CN1Cc2nc(-c3ccccc3)nc(-c3ccn(Cc4cccnc4)n3)c2C1)S(N)(=O)=O. The number of sulfonamides is 1. The number of nitrogens with zero attached hydrogens (tertiary/aromatic N) is 6. The van der Waals surface area contributed by atoms with E-state index in [1.165, 1.54) is 0 Å². The minimum atomic E-state index is -3.62. The molecule has 0 aliphatic carbocycles. The molecule has 10 heteroatoms. The molecule has 0 saturated carbocycles. The molecule has 5 rings (SSSR count). The number of aromatic nitrogens is 5. The van der Waals surface area contributed by atoms with Crippen LogP contribution in [0.1, 0.15) is 23.7 Å². The van der Waals surface area contributed by atoms with E-state index in [2.05, 4.69) is 4.98 Å². The first-order valence-electron chi connectivity index (χ1n) is 11.0. The van der Waals surface area contributed by atoms with Gasteiger partial charge in [0.15, 0.2) is 5.82 Å². The molecule has 0 spiro atoms. The van der Waals surface area contributed by atoms with Crippen LogP contribution in [0.4, 0.5) is 0 Å². The zero-order valence-corrected chi connectivity index (χ0v) is 19.6. The summed E-state index contributed by atoms with van der Waals surface area (Å²) in [5, 5.41) is 9.45. The minimum absolute atomic E-state index is 0.324. The van der Waals surface area contributed by atoms with Crippen LogP contribution >= 0.6 is 0 Å². The molecule has 0 bridgehead atoms. The number of benzene rings is 1. The van der Waals surface area contributed by atoms with Crippen molar-refractivity contribution in [2.45, 2.75) is 31.8 Å². The van der Waals surface area contributed by atoms with E-state index in [4.69, 9.17) is 20.2 Å². The first-order valence-corrected chi connectivity index (χ1v) is 12.6. The highest BCUT2D eigenvalue weighted by Gasteiger charge is 2.29. The second-order valence-corrected chi connectivity index (χ2v) is 10.5.